The van der Waals surface area contributed by atoms with E-state index in [0.717, 1.165) is 17.7 Å². The molecule has 0 radical (unpaired) electrons. The second kappa shape index (κ2) is 9.33. The van der Waals surface area contributed by atoms with Crippen molar-refractivity contribution in [2.24, 2.45) is 0 Å². The third-order valence-electron chi connectivity index (χ3n) is 3.59. The summed E-state index contributed by atoms with van der Waals surface area (Å²) < 4.78 is 11.0. The van der Waals surface area contributed by atoms with E-state index in [9.17, 15) is 4.79 Å². The van der Waals surface area contributed by atoms with E-state index < -0.39 is 0 Å². The van der Waals surface area contributed by atoms with Crippen LogP contribution in [0.15, 0.2) is 48.5 Å². The Morgan fingerprint density at radius 3 is 2.20 bits per heavy atom. The third-order valence-corrected chi connectivity index (χ3v) is 3.59. The molecule has 5 nitrogen and oxygen atoms in total. The Hall–Kier alpha value is -3.00. The molecule has 130 valence electrons. The lowest BCUT2D eigenvalue weighted by atomic mass is 10.1. The maximum Gasteiger partial charge on any atom is 0.260 e. The lowest BCUT2D eigenvalue weighted by Crippen LogP contribution is -2.30. The first-order chi connectivity index (χ1) is 12.1. The molecule has 0 heterocycles. The van der Waals surface area contributed by atoms with E-state index in [4.69, 9.17) is 14.7 Å². The first-order valence-corrected chi connectivity index (χ1v) is 8.21. The predicted octanol–water partition coefficient (Wildman–Crippen LogP) is 3.38. The van der Waals surface area contributed by atoms with Crippen molar-refractivity contribution in [2.75, 3.05) is 20.3 Å². The van der Waals surface area contributed by atoms with Crippen LogP contribution in [0.25, 0.3) is 0 Å². The number of nitriles is 1. The zero-order valence-corrected chi connectivity index (χ0v) is 14.6. The predicted molar refractivity (Wildman–Crippen MR) is 95.4 cm³/mol. The van der Waals surface area contributed by atoms with E-state index in [1.807, 2.05) is 24.3 Å². The SMILES string of the molecule is CCCOc1ccc(OCC(=O)N(C)Cc2ccc(C#N)cc2)cc1. The summed E-state index contributed by atoms with van der Waals surface area (Å²) in [6, 6.07) is 16.5. The van der Waals surface area contributed by atoms with Crippen molar-refractivity contribution in [1.82, 2.24) is 4.90 Å². The molecule has 0 aliphatic carbocycles. The second-order valence-corrected chi connectivity index (χ2v) is 5.67. The number of rotatable bonds is 8. The molecule has 0 bridgehead atoms. The molecular formula is C20H22N2O3. The number of benzene rings is 2. The van der Waals surface area contributed by atoms with E-state index in [0.29, 0.717) is 24.5 Å². The number of hydrogen-bond acceptors (Lipinski definition) is 4. The summed E-state index contributed by atoms with van der Waals surface area (Å²) in [6.07, 6.45) is 0.957. The Balaban J connectivity index is 1.81. The highest BCUT2D eigenvalue weighted by Gasteiger charge is 2.10. The third kappa shape index (κ3) is 5.85. The Morgan fingerprint density at radius 1 is 1.04 bits per heavy atom. The van der Waals surface area contributed by atoms with Gasteiger partial charge in [-0.2, -0.15) is 5.26 Å². The Bertz CT molecular complexity index is 718. The number of likely N-dealkylation sites (N-methyl/N-ethyl adjacent to an activating group) is 1. The lowest BCUT2D eigenvalue weighted by Gasteiger charge is -2.17. The highest BCUT2D eigenvalue weighted by atomic mass is 16.5. The summed E-state index contributed by atoms with van der Waals surface area (Å²) >= 11 is 0. The monoisotopic (exact) mass is 338 g/mol. The fourth-order valence-electron chi connectivity index (χ4n) is 2.15. The van der Waals surface area contributed by atoms with Crippen molar-refractivity contribution in [1.29, 1.82) is 5.26 Å². The van der Waals surface area contributed by atoms with Gasteiger partial charge in [-0.15, -0.1) is 0 Å². The minimum Gasteiger partial charge on any atom is -0.494 e. The standard InChI is InChI=1S/C20H22N2O3/c1-3-12-24-18-8-10-19(11-9-18)25-15-20(23)22(2)14-17-6-4-16(13-21)5-7-17/h4-11H,3,12,14-15H2,1-2H3. The number of ether oxygens (including phenoxy) is 2. The number of carbonyl (C=O) groups is 1. The summed E-state index contributed by atoms with van der Waals surface area (Å²) in [7, 11) is 1.73. The van der Waals surface area contributed by atoms with Crippen LogP contribution in [0.3, 0.4) is 0 Å². The fourth-order valence-corrected chi connectivity index (χ4v) is 2.15. The Labute approximate surface area is 148 Å². The van der Waals surface area contributed by atoms with Crippen LogP contribution in [0.2, 0.25) is 0 Å². The summed E-state index contributed by atoms with van der Waals surface area (Å²) in [4.78, 5) is 13.8. The zero-order chi connectivity index (χ0) is 18.1. The van der Waals surface area contributed by atoms with Crippen LogP contribution in [0, 0.1) is 11.3 Å². The smallest absolute Gasteiger partial charge is 0.260 e. The molecule has 0 atom stereocenters. The molecule has 0 spiro atoms. The van der Waals surface area contributed by atoms with Crippen LogP contribution in [0.4, 0.5) is 0 Å². The Morgan fingerprint density at radius 2 is 1.64 bits per heavy atom. The first kappa shape index (κ1) is 18.3. The fraction of sp³-hybridized carbons (Fsp3) is 0.300. The van der Waals surface area contributed by atoms with E-state index in [1.54, 1.807) is 36.2 Å². The lowest BCUT2D eigenvalue weighted by molar-refractivity contribution is -0.132. The van der Waals surface area contributed by atoms with Crippen LogP contribution in [0.5, 0.6) is 11.5 Å². The highest BCUT2D eigenvalue weighted by Crippen LogP contribution is 2.18. The molecule has 2 aromatic carbocycles. The van der Waals surface area contributed by atoms with E-state index >= 15 is 0 Å². The van der Waals surface area contributed by atoms with Gasteiger partial charge >= 0.3 is 0 Å². The molecule has 2 rings (SSSR count). The Kier molecular flexibility index (Phi) is 6.85. The second-order valence-electron chi connectivity index (χ2n) is 5.67. The molecule has 1 amide bonds. The van der Waals surface area contributed by atoms with Gasteiger partial charge in [0.15, 0.2) is 6.61 Å². The first-order valence-electron chi connectivity index (χ1n) is 8.21. The van der Waals surface area contributed by atoms with Crippen molar-refractivity contribution in [3.63, 3.8) is 0 Å². The highest BCUT2D eigenvalue weighted by molar-refractivity contribution is 5.77. The maximum absolute atomic E-state index is 12.2. The average molecular weight is 338 g/mol. The summed E-state index contributed by atoms with van der Waals surface area (Å²) in [5.74, 6) is 1.30. The normalized spacial score (nSPS) is 9.96. The van der Waals surface area contributed by atoms with Gasteiger partial charge < -0.3 is 14.4 Å². The molecule has 25 heavy (non-hydrogen) atoms. The van der Waals surface area contributed by atoms with Crippen molar-refractivity contribution >= 4 is 5.91 Å². The largest absolute Gasteiger partial charge is 0.494 e. The molecule has 0 saturated heterocycles. The van der Waals surface area contributed by atoms with Gasteiger partial charge in [-0.1, -0.05) is 19.1 Å². The molecular weight excluding hydrogens is 316 g/mol. The van der Waals surface area contributed by atoms with Gasteiger partial charge in [0.05, 0.1) is 18.2 Å². The van der Waals surface area contributed by atoms with Crippen molar-refractivity contribution < 1.29 is 14.3 Å². The molecule has 0 saturated carbocycles. The number of hydrogen-bond donors (Lipinski definition) is 0. The van der Waals surface area contributed by atoms with Gasteiger partial charge in [-0.05, 0) is 48.4 Å². The minimum absolute atomic E-state index is 0.0259. The summed E-state index contributed by atoms with van der Waals surface area (Å²) in [6.45, 7) is 3.18. The minimum atomic E-state index is -0.115. The molecule has 5 heteroatoms. The van der Waals surface area contributed by atoms with Crippen LogP contribution >= 0.6 is 0 Å². The molecule has 0 unspecified atom stereocenters. The van der Waals surface area contributed by atoms with Crippen LogP contribution in [-0.4, -0.2) is 31.1 Å². The molecule has 0 N–H and O–H groups in total. The van der Waals surface area contributed by atoms with Crippen molar-refractivity contribution in [2.45, 2.75) is 19.9 Å². The van der Waals surface area contributed by atoms with Crippen molar-refractivity contribution in [3.05, 3.63) is 59.7 Å². The molecule has 0 fully saturated rings. The maximum atomic E-state index is 12.2. The zero-order valence-electron chi connectivity index (χ0n) is 14.6. The van der Waals surface area contributed by atoms with Gasteiger partial charge in [0.1, 0.15) is 11.5 Å². The topological polar surface area (TPSA) is 62.6 Å². The van der Waals surface area contributed by atoms with Gasteiger partial charge in [-0.25, -0.2) is 0 Å². The van der Waals surface area contributed by atoms with Gasteiger partial charge in [0.2, 0.25) is 0 Å². The molecule has 0 aliphatic rings. The number of nitrogens with zero attached hydrogens (tertiary/aromatic N) is 2. The molecule has 2 aromatic rings. The molecule has 0 aliphatic heterocycles. The number of carbonyl (C=O) groups excluding carboxylic acids is 1. The van der Waals surface area contributed by atoms with Crippen LogP contribution < -0.4 is 9.47 Å². The number of amides is 1. The van der Waals surface area contributed by atoms with Crippen LogP contribution in [0.1, 0.15) is 24.5 Å². The van der Waals surface area contributed by atoms with E-state index in [-0.39, 0.29) is 12.5 Å². The van der Waals surface area contributed by atoms with Crippen LogP contribution in [-0.2, 0) is 11.3 Å². The van der Waals surface area contributed by atoms with E-state index in [2.05, 4.69) is 13.0 Å². The summed E-state index contributed by atoms with van der Waals surface area (Å²) in [5, 5.41) is 8.80. The van der Waals surface area contributed by atoms with Gasteiger partial charge in [0, 0.05) is 13.6 Å². The quantitative estimate of drug-likeness (QED) is 0.740. The van der Waals surface area contributed by atoms with Crippen molar-refractivity contribution in [3.8, 4) is 17.6 Å². The average Bonchev–Trinajstić information content (AvgIpc) is 2.65. The molecule has 0 aromatic heterocycles. The summed E-state index contributed by atoms with van der Waals surface area (Å²) in [5.41, 5.74) is 1.57. The van der Waals surface area contributed by atoms with Gasteiger partial charge in [0.25, 0.3) is 5.91 Å². The van der Waals surface area contributed by atoms with E-state index in [1.165, 1.54) is 0 Å². The van der Waals surface area contributed by atoms with Gasteiger partial charge in [-0.3, -0.25) is 4.79 Å².